The highest BCUT2D eigenvalue weighted by Gasteiger charge is 2.12. The maximum absolute atomic E-state index is 12.0. The van der Waals surface area contributed by atoms with Crippen molar-refractivity contribution in [3.63, 3.8) is 0 Å². The van der Waals surface area contributed by atoms with E-state index in [0.29, 0.717) is 17.4 Å². The average molecular weight is 419 g/mol. The molecule has 2 rings (SSSR count). The van der Waals surface area contributed by atoms with Crippen molar-refractivity contribution < 1.29 is 14.4 Å². The molecule has 4 amide bonds. The molecule has 0 bridgehead atoms. The van der Waals surface area contributed by atoms with Gasteiger partial charge in [0.15, 0.2) is 0 Å². The lowest BCUT2D eigenvalue weighted by molar-refractivity contribution is -0.124. The van der Waals surface area contributed by atoms with Crippen molar-refractivity contribution in [2.45, 2.75) is 39.2 Å². The first-order valence-corrected chi connectivity index (χ1v) is 10.0. The number of aromatic nitrogens is 2. The van der Waals surface area contributed by atoms with Gasteiger partial charge in [-0.15, -0.1) is 10.2 Å². The van der Waals surface area contributed by atoms with E-state index in [1.165, 1.54) is 16.2 Å². The van der Waals surface area contributed by atoms with Gasteiger partial charge < -0.3 is 20.9 Å². The molecular formula is C19H26N6O3S. The van der Waals surface area contributed by atoms with Gasteiger partial charge in [-0.2, -0.15) is 0 Å². The zero-order valence-corrected chi connectivity index (χ0v) is 17.8. The van der Waals surface area contributed by atoms with Gasteiger partial charge >= 0.3 is 6.03 Å². The normalized spacial score (nSPS) is 10.5. The lowest BCUT2D eigenvalue weighted by atomic mass is 10.2. The average Bonchev–Trinajstić information content (AvgIpc) is 3.13. The quantitative estimate of drug-likeness (QED) is 0.609. The first-order valence-electron chi connectivity index (χ1n) is 9.21. The van der Waals surface area contributed by atoms with Crippen LogP contribution in [-0.4, -0.2) is 47.0 Å². The summed E-state index contributed by atoms with van der Waals surface area (Å²) in [6.07, 6.45) is 0.125. The number of carbonyl (C=O) groups excluding carboxylic acids is 3. The molecule has 3 N–H and O–H groups in total. The molecule has 1 heterocycles. The fourth-order valence-corrected chi connectivity index (χ4v) is 2.97. The Morgan fingerprint density at radius 1 is 1.07 bits per heavy atom. The number of amides is 4. The van der Waals surface area contributed by atoms with E-state index in [0.717, 1.165) is 10.6 Å². The van der Waals surface area contributed by atoms with Crippen LogP contribution in [0.25, 0.3) is 0 Å². The monoisotopic (exact) mass is 418 g/mol. The van der Waals surface area contributed by atoms with E-state index in [2.05, 4.69) is 26.1 Å². The number of hydrogen-bond acceptors (Lipinski definition) is 6. The zero-order chi connectivity index (χ0) is 21.4. The molecule has 1 aromatic carbocycles. The van der Waals surface area contributed by atoms with Crippen LogP contribution in [0.3, 0.4) is 0 Å². The molecule has 0 radical (unpaired) electrons. The number of rotatable bonds is 8. The van der Waals surface area contributed by atoms with Gasteiger partial charge in [0.1, 0.15) is 5.01 Å². The summed E-state index contributed by atoms with van der Waals surface area (Å²) in [5.41, 5.74) is 1.49. The zero-order valence-electron chi connectivity index (χ0n) is 17.0. The standard InChI is InChI=1S/C19H26N6O3S/c1-12(2)17-23-24-18(29-17)22-16(27)9-8-15(26)20-11-13-6-5-7-14(10-13)21-19(28)25(3)4/h5-7,10,12H,8-9,11H2,1-4H3,(H,20,26)(H,21,28)(H,22,24,27). The molecule has 0 saturated heterocycles. The number of benzene rings is 1. The van der Waals surface area contributed by atoms with E-state index in [9.17, 15) is 14.4 Å². The molecule has 9 nitrogen and oxygen atoms in total. The predicted molar refractivity (Wildman–Crippen MR) is 113 cm³/mol. The molecule has 0 fully saturated rings. The summed E-state index contributed by atoms with van der Waals surface area (Å²) >= 11 is 1.33. The Morgan fingerprint density at radius 2 is 1.79 bits per heavy atom. The van der Waals surface area contributed by atoms with Crippen molar-refractivity contribution in [1.82, 2.24) is 20.4 Å². The van der Waals surface area contributed by atoms with Gasteiger partial charge in [-0.3, -0.25) is 9.59 Å². The maximum Gasteiger partial charge on any atom is 0.321 e. The van der Waals surface area contributed by atoms with Crippen LogP contribution in [-0.2, 0) is 16.1 Å². The number of carbonyl (C=O) groups is 3. The Hall–Kier alpha value is -3.01. The minimum atomic E-state index is -0.278. The molecule has 0 atom stereocenters. The van der Waals surface area contributed by atoms with Crippen molar-refractivity contribution in [3.05, 3.63) is 34.8 Å². The van der Waals surface area contributed by atoms with E-state index in [1.807, 2.05) is 19.9 Å². The highest BCUT2D eigenvalue weighted by atomic mass is 32.1. The van der Waals surface area contributed by atoms with Gasteiger partial charge in [0.05, 0.1) is 0 Å². The first kappa shape index (κ1) is 22.3. The Morgan fingerprint density at radius 3 is 2.45 bits per heavy atom. The van der Waals surface area contributed by atoms with Crippen LogP contribution in [0.15, 0.2) is 24.3 Å². The van der Waals surface area contributed by atoms with E-state index in [-0.39, 0.29) is 36.6 Å². The molecule has 0 aliphatic heterocycles. The Labute approximate surface area is 173 Å². The smallest absolute Gasteiger partial charge is 0.321 e. The van der Waals surface area contributed by atoms with Crippen LogP contribution in [0, 0.1) is 0 Å². The van der Waals surface area contributed by atoms with Crippen molar-refractivity contribution in [3.8, 4) is 0 Å². The molecular weight excluding hydrogens is 392 g/mol. The fraction of sp³-hybridized carbons (Fsp3) is 0.421. The summed E-state index contributed by atoms with van der Waals surface area (Å²) in [6.45, 7) is 4.31. The van der Waals surface area contributed by atoms with Crippen LogP contribution >= 0.6 is 11.3 Å². The fourth-order valence-electron chi connectivity index (χ4n) is 2.21. The van der Waals surface area contributed by atoms with E-state index >= 15 is 0 Å². The van der Waals surface area contributed by atoms with E-state index in [1.54, 1.807) is 32.3 Å². The van der Waals surface area contributed by atoms with E-state index in [4.69, 9.17) is 0 Å². The van der Waals surface area contributed by atoms with Crippen molar-refractivity contribution in [2.75, 3.05) is 24.7 Å². The predicted octanol–water partition coefficient (Wildman–Crippen LogP) is 2.79. The van der Waals surface area contributed by atoms with Crippen LogP contribution in [0.4, 0.5) is 15.6 Å². The summed E-state index contributed by atoms with van der Waals surface area (Å²) in [7, 11) is 3.31. The second-order valence-electron chi connectivity index (χ2n) is 6.95. The minimum absolute atomic E-state index is 0.0569. The molecule has 29 heavy (non-hydrogen) atoms. The van der Waals surface area contributed by atoms with Crippen LogP contribution in [0.5, 0.6) is 0 Å². The molecule has 0 saturated carbocycles. The largest absolute Gasteiger partial charge is 0.352 e. The number of nitrogens with zero attached hydrogens (tertiary/aromatic N) is 3. The third-order valence-electron chi connectivity index (χ3n) is 3.83. The number of nitrogens with one attached hydrogen (secondary N) is 3. The SMILES string of the molecule is CC(C)c1nnc(NC(=O)CCC(=O)NCc2cccc(NC(=O)N(C)C)c2)s1. The van der Waals surface area contributed by atoms with Crippen LogP contribution < -0.4 is 16.0 Å². The first-order chi connectivity index (χ1) is 13.7. The second-order valence-corrected chi connectivity index (χ2v) is 7.96. The maximum atomic E-state index is 12.0. The van der Waals surface area contributed by atoms with Crippen LogP contribution in [0.1, 0.15) is 43.2 Å². The summed E-state index contributed by atoms with van der Waals surface area (Å²) in [4.78, 5) is 37.1. The van der Waals surface area contributed by atoms with Gasteiger partial charge in [-0.1, -0.05) is 37.3 Å². The van der Waals surface area contributed by atoms with E-state index < -0.39 is 0 Å². The summed E-state index contributed by atoms with van der Waals surface area (Å²) < 4.78 is 0. The van der Waals surface area contributed by atoms with Gasteiger partial charge in [0, 0.05) is 45.1 Å². The number of anilines is 2. The van der Waals surface area contributed by atoms with Gasteiger partial charge in [0.2, 0.25) is 16.9 Å². The number of urea groups is 1. The summed E-state index contributed by atoms with van der Waals surface area (Å²) in [5, 5.41) is 17.4. The molecule has 1 aromatic heterocycles. The molecule has 156 valence electrons. The molecule has 2 aromatic rings. The van der Waals surface area contributed by atoms with Crippen molar-refractivity contribution in [2.24, 2.45) is 0 Å². The highest BCUT2D eigenvalue weighted by Crippen LogP contribution is 2.22. The second kappa shape index (κ2) is 10.5. The lowest BCUT2D eigenvalue weighted by Gasteiger charge is -2.13. The third kappa shape index (κ3) is 7.49. The third-order valence-corrected chi connectivity index (χ3v) is 4.97. The minimum Gasteiger partial charge on any atom is -0.352 e. The van der Waals surface area contributed by atoms with Crippen LogP contribution in [0.2, 0.25) is 0 Å². The molecule has 0 spiro atoms. The molecule has 0 unspecified atom stereocenters. The molecule has 10 heteroatoms. The summed E-state index contributed by atoms with van der Waals surface area (Å²) in [6, 6.07) is 6.98. The Bertz CT molecular complexity index is 865. The molecule has 0 aliphatic carbocycles. The van der Waals surface area contributed by atoms with Crippen molar-refractivity contribution >= 4 is 40.0 Å². The number of hydrogen-bond donors (Lipinski definition) is 3. The topological polar surface area (TPSA) is 116 Å². The van der Waals surface area contributed by atoms with Crippen molar-refractivity contribution in [1.29, 1.82) is 0 Å². The Balaban J connectivity index is 1.75. The van der Waals surface area contributed by atoms with Gasteiger partial charge in [-0.05, 0) is 17.7 Å². The summed E-state index contributed by atoms with van der Waals surface area (Å²) in [5.74, 6) is -0.262. The van der Waals surface area contributed by atoms with Gasteiger partial charge in [0.25, 0.3) is 0 Å². The van der Waals surface area contributed by atoms with Gasteiger partial charge in [-0.25, -0.2) is 4.79 Å². The highest BCUT2D eigenvalue weighted by molar-refractivity contribution is 7.15. The molecule has 0 aliphatic rings. The lowest BCUT2D eigenvalue weighted by Crippen LogP contribution is -2.27. The Kier molecular flexibility index (Phi) is 8.08.